The van der Waals surface area contributed by atoms with Crippen LogP contribution in [0, 0.1) is 0 Å². The van der Waals surface area contributed by atoms with Gasteiger partial charge in [0.05, 0.1) is 6.42 Å². The fourth-order valence-electron chi connectivity index (χ4n) is 0.493. The predicted octanol–water partition coefficient (Wildman–Crippen LogP) is 0.557. The second-order valence-corrected chi connectivity index (χ2v) is 2.49. The molecule has 0 N–H and O–H groups in total. The second-order valence-electron chi connectivity index (χ2n) is 1.57. The number of hydrazone groups is 1. The molecule has 3 nitrogen and oxygen atoms in total. The highest BCUT2D eigenvalue weighted by Crippen LogP contribution is 2.08. The van der Waals surface area contributed by atoms with Gasteiger partial charge < -0.3 is 0 Å². The van der Waals surface area contributed by atoms with E-state index in [1.165, 1.54) is 5.01 Å². The minimum atomic E-state index is 0.0388. The summed E-state index contributed by atoms with van der Waals surface area (Å²) in [5.41, 5.74) is 0. The van der Waals surface area contributed by atoms with E-state index in [-0.39, 0.29) is 5.91 Å². The van der Waals surface area contributed by atoms with E-state index >= 15 is 0 Å². The highest BCUT2D eigenvalue weighted by Gasteiger charge is 2.16. The average molecular weight is 177 g/mol. The zero-order valence-corrected chi connectivity index (χ0v) is 5.97. The van der Waals surface area contributed by atoms with E-state index in [4.69, 9.17) is 0 Å². The first-order valence-corrected chi connectivity index (χ1v) is 2.99. The van der Waals surface area contributed by atoms with Crippen molar-refractivity contribution in [1.29, 1.82) is 0 Å². The van der Waals surface area contributed by atoms with Gasteiger partial charge in [-0.05, 0) is 15.9 Å². The normalized spacial score (nSPS) is 19.5. The molecule has 0 aromatic rings. The summed E-state index contributed by atoms with van der Waals surface area (Å²) in [5, 5.41) is 5.11. The molecule has 0 radical (unpaired) electrons. The average Bonchev–Trinajstić information content (AvgIpc) is 1.85. The maximum Gasteiger partial charge on any atom is 0.249 e. The van der Waals surface area contributed by atoms with E-state index in [1.54, 1.807) is 7.05 Å². The van der Waals surface area contributed by atoms with Crippen molar-refractivity contribution in [1.82, 2.24) is 5.01 Å². The molecule has 1 amide bonds. The number of carbonyl (C=O) groups is 1. The van der Waals surface area contributed by atoms with Crippen molar-refractivity contribution in [3.05, 3.63) is 0 Å². The Morgan fingerprint density at radius 1 is 1.88 bits per heavy atom. The molecule has 1 heterocycles. The lowest BCUT2D eigenvalue weighted by molar-refractivity contribution is -0.127. The summed E-state index contributed by atoms with van der Waals surface area (Å²) in [6, 6.07) is 0. The highest BCUT2D eigenvalue weighted by atomic mass is 79.9. The molecule has 1 aliphatic heterocycles. The summed E-state index contributed by atoms with van der Waals surface area (Å²) < 4.78 is 0.713. The number of amides is 1. The van der Waals surface area contributed by atoms with Gasteiger partial charge in [0.15, 0.2) is 0 Å². The molecular weight excluding hydrogens is 172 g/mol. The summed E-state index contributed by atoms with van der Waals surface area (Å²) in [6.07, 6.45) is 0.413. The van der Waals surface area contributed by atoms with E-state index in [9.17, 15) is 4.79 Å². The highest BCUT2D eigenvalue weighted by molar-refractivity contribution is 9.18. The van der Waals surface area contributed by atoms with Gasteiger partial charge >= 0.3 is 0 Å². The van der Waals surface area contributed by atoms with Crippen LogP contribution in [0.1, 0.15) is 6.42 Å². The van der Waals surface area contributed by atoms with E-state index in [2.05, 4.69) is 21.0 Å². The van der Waals surface area contributed by atoms with Gasteiger partial charge in [-0.3, -0.25) is 4.79 Å². The molecular formula is C4H5BrN2O. The van der Waals surface area contributed by atoms with E-state index in [0.29, 0.717) is 11.0 Å². The fourth-order valence-corrected chi connectivity index (χ4v) is 0.971. The van der Waals surface area contributed by atoms with Gasteiger partial charge in [-0.15, -0.1) is 0 Å². The Labute approximate surface area is 55.5 Å². The van der Waals surface area contributed by atoms with Crippen molar-refractivity contribution in [3.63, 3.8) is 0 Å². The van der Waals surface area contributed by atoms with Crippen LogP contribution in [0.4, 0.5) is 0 Å². The van der Waals surface area contributed by atoms with Gasteiger partial charge in [0.2, 0.25) is 5.91 Å². The molecule has 0 unspecified atom stereocenters. The van der Waals surface area contributed by atoms with Gasteiger partial charge in [-0.2, -0.15) is 5.10 Å². The van der Waals surface area contributed by atoms with Crippen LogP contribution in [0.2, 0.25) is 0 Å². The third-order valence-electron chi connectivity index (χ3n) is 0.917. The molecule has 0 saturated heterocycles. The van der Waals surface area contributed by atoms with Crippen molar-refractivity contribution >= 4 is 26.5 Å². The molecule has 1 aliphatic rings. The SMILES string of the molecule is CN1N=C(Br)CC1=O. The predicted molar refractivity (Wildman–Crippen MR) is 33.7 cm³/mol. The van der Waals surface area contributed by atoms with Crippen LogP contribution in [0.25, 0.3) is 0 Å². The van der Waals surface area contributed by atoms with E-state index < -0.39 is 0 Å². The lowest BCUT2D eigenvalue weighted by Crippen LogP contribution is -2.13. The smallest absolute Gasteiger partial charge is 0.249 e. The quantitative estimate of drug-likeness (QED) is 0.531. The molecule has 1 rings (SSSR count). The van der Waals surface area contributed by atoms with Crippen molar-refractivity contribution < 1.29 is 4.79 Å². The van der Waals surface area contributed by atoms with Crippen LogP contribution in [-0.2, 0) is 4.79 Å². The molecule has 0 fully saturated rings. The number of rotatable bonds is 0. The number of halogens is 1. The van der Waals surface area contributed by atoms with Gasteiger partial charge in [-0.25, -0.2) is 5.01 Å². The summed E-state index contributed by atoms with van der Waals surface area (Å²) in [4.78, 5) is 10.6. The number of nitrogens with zero attached hydrogens (tertiary/aromatic N) is 2. The minimum absolute atomic E-state index is 0.0388. The number of hydrogen-bond donors (Lipinski definition) is 0. The molecule has 0 atom stereocenters. The molecule has 0 aromatic carbocycles. The lowest BCUT2D eigenvalue weighted by atomic mass is 10.5. The van der Waals surface area contributed by atoms with Crippen LogP contribution in [0.15, 0.2) is 5.10 Å². The van der Waals surface area contributed by atoms with Crippen LogP contribution in [0.3, 0.4) is 0 Å². The van der Waals surface area contributed by atoms with Crippen LogP contribution in [0.5, 0.6) is 0 Å². The number of hydrogen-bond acceptors (Lipinski definition) is 2. The Bertz CT molecular complexity index is 154. The monoisotopic (exact) mass is 176 g/mol. The second kappa shape index (κ2) is 1.85. The Kier molecular flexibility index (Phi) is 1.33. The Balaban J connectivity index is 2.69. The minimum Gasteiger partial charge on any atom is -0.273 e. The van der Waals surface area contributed by atoms with Crippen LogP contribution < -0.4 is 0 Å². The fraction of sp³-hybridized carbons (Fsp3) is 0.500. The standard InChI is InChI=1S/C4H5BrN2O/c1-7-4(8)2-3(5)6-7/h2H2,1H3. The molecule has 4 heteroatoms. The Hall–Kier alpha value is -0.380. The summed E-state index contributed by atoms with van der Waals surface area (Å²) in [5.74, 6) is 0.0388. The maximum atomic E-state index is 10.6. The molecule has 0 saturated carbocycles. The molecule has 44 valence electrons. The zero-order chi connectivity index (χ0) is 6.15. The van der Waals surface area contributed by atoms with Gasteiger partial charge in [0.1, 0.15) is 4.62 Å². The van der Waals surface area contributed by atoms with E-state index in [1.807, 2.05) is 0 Å². The van der Waals surface area contributed by atoms with Crippen LogP contribution in [-0.4, -0.2) is 22.6 Å². The van der Waals surface area contributed by atoms with Crippen molar-refractivity contribution in [2.45, 2.75) is 6.42 Å². The van der Waals surface area contributed by atoms with Crippen molar-refractivity contribution in [2.24, 2.45) is 5.10 Å². The van der Waals surface area contributed by atoms with Crippen molar-refractivity contribution in [3.8, 4) is 0 Å². The Morgan fingerprint density at radius 3 is 2.62 bits per heavy atom. The van der Waals surface area contributed by atoms with E-state index in [0.717, 1.165) is 0 Å². The summed E-state index contributed by atoms with van der Waals surface area (Å²) in [6.45, 7) is 0. The topological polar surface area (TPSA) is 32.7 Å². The maximum absolute atomic E-state index is 10.6. The first kappa shape index (κ1) is 5.75. The molecule has 0 aromatic heterocycles. The van der Waals surface area contributed by atoms with Gasteiger partial charge in [0.25, 0.3) is 0 Å². The molecule has 0 aliphatic carbocycles. The first-order valence-electron chi connectivity index (χ1n) is 2.19. The summed E-state index contributed by atoms with van der Waals surface area (Å²) >= 11 is 3.11. The third-order valence-corrected chi connectivity index (χ3v) is 1.36. The summed E-state index contributed by atoms with van der Waals surface area (Å²) in [7, 11) is 1.64. The van der Waals surface area contributed by atoms with Crippen LogP contribution >= 0.6 is 15.9 Å². The Morgan fingerprint density at radius 2 is 2.50 bits per heavy atom. The lowest BCUT2D eigenvalue weighted by Gasteiger charge is -1.98. The zero-order valence-electron chi connectivity index (χ0n) is 4.39. The number of carbonyl (C=O) groups excluding carboxylic acids is 1. The first-order chi connectivity index (χ1) is 3.70. The van der Waals surface area contributed by atoms with Crippen molar-refractivity contribution in [2.75, 3.05) is 7.05 Å². The largest absolute Gasteiger partial charge is 0.273 e. The third kappa shape index (κ3) is 0.888. The molecule has 0 bridgehead atoms. The van der Waals surface area contributed by atoms with Gasteiger partial charge in [-0.1, -0.05) is 0 Å². The molecule has 8 heavy (non-hydrogen) atoms. The van der Waals surface area contributed by atoms with Gasteiger partial charge in [0, 0.05) is 7.05 Å². The molecule has 0 spiro atoms.